The smallest absolute Gasteiger partial charge is 0.261 e. The summed E-state index contributed by atoms with van der Waals surface area (Å²) in [4.78, 5) is 26.5. The number of carbonyl (C=O) groups excluding carboxylic acids is 1. The van der Waals surface area contributed by atoms with E-state index in [1.807, 2.05) is 13.0 Å². The van der Waals surface area contributed by atoms with Gasteiger partial charge in [0.25, 0.3) is 5.91 Å². The van der Waals surface area contributed by atoms with Crippen molar-refractivity contribution in [3.05, 3.63) is 57.8 Å². The standard InChI is InChI=1S/C22H25Br3N2O2/c1-4-13-11-15(23)19(25)14(5-2)20(13)26-22(29)17-16-9-7-6-8-10-27(16)12(3)18(24)21(17)28/h11H,4-10H2,1-3H3,(H,26,29). The van der Waals surface area contributed by atoms with Crippen molar-refractivity contribution in [2.45, 2.75) is 65.8 Å². The lowest BCUT2D eigenvalue weighted by atomic mass is 10.0. The summed E-state index contributed by atoms with van der Waals surface area (Å²) in [5.41, 5.74) is 4.69. The molecule has 156 valence electrons. The zero-order valence-corrected chi connectivity index (χ0v) is 21.7. The maximum absolute atomic E-state index is 13.4. The van der Waals surface area contributed by atoms with Crippen LogP contribution in [0.15, 0.2) is 24.3 Å². The van der Waals surface area contributed by atoms with E-state index in [1.54, 1.807) is 0 Å². The van der Waals surface area contributed by atoms with Crippen LogP contribution < -0.4 is 10.7 Å². The molecule has 0 unspecified atom stereocenters. The zero-order chi connectivity index (χ0) is 21.3. The van der Waals surface area contributed by atoms with Gasteiger partial charge in [0, 0.05) is 32.6 Å². The van der Waals surface area contributed by atoms with E-state index in [2.05, 4.69) is 71.5 Å². The van der Waals surface area contributed by atoms with Gasteiger partial charge in [0.1, 0.15) is 5.56 Å². The minimum atomic E-state index is -0.319. The molecule has 3 rings (SSSR count). The molecule has 29 heavy (non-hydrogen) atoms. The second-order valence-corrected chi connectivity index (χ2v) is 9.80. The number of aryl methyl sites for hydroxylation is 1. The van der Waals surface area contributed by atoms with Crippen LogP contribution in [0.1, 0.15) is 66.0 Å². The molecule has 0 radical (unpaired) electrons. The molecule has 7 heteroatoms. The minimum absolute atomic E-state index is 0.222. The van der Waals surface area contributed by atoms with Gasteiger partial charge in [-0.3, -0.25) is 9.59 Å². The first-order valence-electron chi connectivity index (χ1n) is 10.0. The van der Waals surface area contributed by atoms with E-state index in [4.69, 9.17) is 0 Å². The second kappa shape index (κ2) is 9.48. The summed E-state index contributed by atoms with van der Waals surface area (Å²) in [6.45, 7) is 6.90. The fourth-order valence-electron chi connectivity index (χ4n) is 4.08. The molecule has 0 aliphatic carbocycles. The van der Waals surface area contributed by atoms with Crippen LogP contribution in [0.5, 0.6) is 0 Å². The highest BCUT2D eigenvalue weighted by molar-refractivity contribution is 9.13. The Balaban J connectivity index is 2.16. The van der Waals surface area contributed by atoms with Crippen molar-refractivity contribution in [3.63, 3.8) is 0 Å². The van der Waals surface area contributed by atoms with Gasteiger partial charge in [0.05, 0.1) is 4.47 Å². The van der Waals surface area contributed by atoms with Crippen LogP contribution in [0.2, 0.25) is 0 Å². The van der Waals surface area contributed by atoms with Gasteiger partial charge in [0.2, 0.25) is 5.43 Å². The molecule has 1 amide bonds. The summed E-state index contributed by atoms with van der Waals surface area (Å²) in [5.74, 6) is -0.319. The molecule has 1 aromatic carbocycles. The van der Waals surface area contributed by atoms with Crippen molar-refractivity contribution in [2.24, 2.45) is 0 Å². The fraction of sp³-hybridized carbons (Fsp3) is 0.455. The summed E-state index contributed by atoms with van der Waals surface area (Å²) in [6.07, 6.45) is 5.44. The van der Waals surface area contributed by atoms with E-state index < -0.39 is 0 Å². The van der Waals surface area contributed by atoms with Gasteiger partial charge in [-0.05, 0) is 104 Å². The van der Waals surface area contributed by atoms with Gasteiger partial charge in [-0.2, -0.15) is 0 Å². The number of halogens is 3. The highest BCUT2D eigenvalue weighted by atomic mass is 79.9. The number of nitrogens with zero attached hydrogens (tertiary/aromatic N) is 1. The maximum Gasteiger partial charge on any atom is 0.261 e. The van der Waals surface area contributed by atoms with Crippen molar-refractivity contribution in [3.8, 4) is 0 Å². The van der Waals surface area contributed by atoms with Gasteiger partial charge in [-0.25, -0.2) is 0 Å². The average molecular weight is 589 g/mol. The second-order valence-electron chi connectivity index (χ2n) is 7.36. The number of hydrogen-bond acceptors (Lipinski definition) is 2. The summed E-state index contributed by atoms with van der Waals surface area (Å²) in [5, 5.41) is 3.10. The molecule has 4 nitrogen and oxygen atoms in total. The zero-order valence-electron chi connectivity index (χ0n) is 16.9. The third-order valence-electron chi connectivity index (χ3n) is 5.66. The molecule has 1 aliphatic heterocycles. The Labute approximate surface area is 196 Å². The van der Waals surface area contributed by atoms with Crippen LogP contribution in [0.25, 0.3) is 0 Å². The molecule has 1 N–H and O–H groups in total. The molecule has 0 atom stereocenters. The number of benzene rings is 1. The van der Waals surface area contributed by atoms with Crippen LogP contribution in [-0.2, 0) is 25.8 Å². The molecular formula is C22H25Br3N2O2. The number of nitrogens with one attached hydrogen (secondary N) is 1. The van der Waals surface area contributed by atoms with E-state index in [0.29, 0.717) is 4.47 Å². The SMILES string of the molecule is CCc1cc(Br)c(Br)c(CC)c1NC(=O)c1c2n(c(C)c(Br)c1=O)CCCCC2. The van der Waals surface area contributed by atoms with Crippen molar-refractivity contribution < 1.29 is 4.79 Å². The Morgan fingerprint density at radius 2 is 1.83 bits per heavy atom. The first-order chi connectivity index (χ1) is 13.8. The number of aromatic nitrogens is 1. The Kier molecular flexibility index (Phi) is 7.44. The summed E-state index contributed by atoms with van der Waals surface area (Å²) in [7, 11) is 0. The first-order valence-corrected chi connectivity index (χ1v) is 12.4. The van der Waals surface area contributed by atoms with Gasteiger partial charge < -0.3 is 9.88 Å². The lowest BCUT2D eigenvalue weighted by Crippen LogP contribution is -2.29. The molecule has 0 saturated heterocycles. The molecule has 2 heterocycles. The predicted octanol–water partition coefficient (Wildman–Crippen LogP) is 6.55. The number of hydrogen-bond donors (Lipinski definition) is 1. The monoisotopic (exact) mass is 586 g/mol. The number of carbonyl (C=O) groups is 1. The molecule has 2 aromatic rings. The van der Waals surface area contributed by atoms with Gasteiger partial charge in [0.15, 0.2) is 0 Å². The van der Waals surface area contributed by atoms with Gasteiger partial charge in [-0.15, -0.1) is 0 Å². The van der Waals surface area contributed by atoms with Gasteiger partial charge in [-0.1, -0.05) is 20.3 Å². The van der Waals surface area contributed by atoms with Crippen molar-refractivity contribution in [2.75, 3.05) is 5.32 Å². The normalized spacial score (nSPS) is 13.7. The minimum Gasteiger partial charge on any atom is -0.347 e. The van der Waals surface area contributed by atoms with Gasteiger partial charge >= 0.3 is 0 Å². The Morgan fingerprint density at radius 1 is 1.10 bits per heavy atom. The number of fused-ring (bicyclic) bond motifs is 1. The predicted molar refractivity (Wildman–Crippen MR) is 129 cm³/mol. The third-order valence-corrected chi connectivity index (χ3v) is 8.65. The molecule has 0 saturated carbocycles. The molecule has 0 spiro atoms. The number of amides is 1. The van der Waals surface area contributed by atoms with E-state index >= 15 is 0 Å². The third kappa shape index (κ3) is 4.28. The summed E-state index contributed by atoms with van der Waals surface area (Å²) >= 11 is 10.7. The molecular weight excluding hydrogens is 564 g/mol. The topological polar surface area (TPSA) is 51.1 Å². The molecule has 1 aliphatic rings. The first kappa shape index (κ1) is 22.8. The van der Waals surface area contributed by atoms with E-state index in [9.17, 15) is 9.59 Å². The Hall–Kier alpha value is -0.920. The van der Waals surface area contributed by atoms with Crippen molar-refractivity contribution >= 4 is 59.4 Å². The summed E-state index contributed by atoms with van der Waals surface area (Å²) < 4.78 is 4.54. The quantitative estimate of drug-likeness (QED) is 0.440. The van der Waals surface area contributed by atoms with E-state index in [-0.39, 0.29) is 16.9 Å². The highest BCUT2D eigenvalue weighted by Gasteiger charge is 2.26. The van der Waals surface area contributed by atoms with E-state index in [0.717, 1.165) is 82.2 Å². The average Bonchev–Trinajstić information content (AvgIpc) is 2.95. The summed E-state index contributed by atoms with van der Waals surface area (Å²) in [6, 6.07) is 2.03. The largest absolute Gasteiger partial charge is 0.347 e. The van der Waals surface area contributed by atoms with Crippen LogP contribution in [0.3, 0.4) is 0 Å². The maximum atomic E-state index is 13.4. The Bertz CT molecular complexity index is 1030. The number of rotatable bonds is 4. The van der Waals surface area contributed by atoms with Crippen molar-refractivity contribution in [1.29, 1.82) is 0 Å². The van der Waals surface area contributed by atoms with E-state index in [1.165, 1.54) is 0 Å². The lowest BCUT2D eigenvalue weighted by molar-refractivity contribution is 0.102. The fourth-order valence-corrected chi connectivity index (χ4v) is 5.60. The van der Waals surface area contributed by atoms with Crippen LogP contribution >= 0.6 is 47.8 Å². The van der Waals surface area contributed by atoms with Crippen molar-refractivity contribution in [1.82, 2.24) is 4.57 Å². The molecule has 1 aromatic heterocycles. The Morgan fingerprint density at radius 3 is 2.48 bits per heavy atom. The highest BCUT2D eigenvalue weighted by Crippen LogP contribution is 2.36. The van der Waals surface area contributed by atoms with Crippen LogP contribution in [0.4, 0.5) is 5.69 Å². The lowest BCUT2D eigenvalue weighted by Gasteiger charge is -2.21. The van der Waals surface area contributed by atoms with Crippen LogP contribution in [-0.4, -0.2) is 10.5 Å². The molecule has 0 bridgehead atoms. The molecule has 0 fully saturated rings. The number of anilines is 1. The number of pyridine rings is 1. The van der Waals surface area contributed by atoms with Crippen LogP contribution in [0, 0.1) is 6.92 Å².